The Morgan fingerprint density at radius 3 is 1.61 bits per heavy atom. The number of rotatable bonds is 5. The molecule has 0 amide bonds. The van der Waals surface area contributed by atoms with Crippen molar-refractivity contribution < 1.29 is 21.7 Å². The minimum absolute atomic E-state index is 0. The zero-order valence-electron chi connectivity index (χ0n) is 19.4. The summed E-state index contributed by atoms with van der Waals surface area (Å²) in [6, 6.07) is 40.3. The van der Waals surface area contributed by atoms with Crippen molar-refractivity contribution in [2.45, 2.75) is 31.8 Å². The lowest BCUT2D eigenvalue weighted by Gasteiger charge is -2.33. The Morgan fingerprint density at radius 1 is 0.697 bits per heavy atom. The molecule has 0 radical (unpaired) electrons. The lowest BCUT2D eigenvalue weighted by Crippen LogP contribution is -3.00. The van der Waals surface area contributed by atoms with Gasteiger partial charge in [0.25, 0.3) is 0 Å². The van der Waals surface area contributed by atoms with Crippen LogP contribution >= 0.6 is 7.26 Å². The van der Waals surface area contributed by atoms with Gasteiger partial charge in [-0.3, -0.25) is 0 Å². The molecule has 5 rings (SSSR count). The molecule has 1 unspecified atom stereocenters. The minimum atomic E-state index is -1.97. The maximum atomic E-state index is 6.00. The molecule has 0 fully saturated rings. The quantitative estimate of drug-likeness (QED) is 0.369. The summed E-state index contributed by atoms with van der Waals surface area (Å²) in [5, 5.41) is 4.25. The molecule has 1 atom stereocenters. The van der Waals surface area contributed by atoms with Gasteiger partial charge in [-0.05, 0) is 61.0 Å². The zero-order chi connectivity index (χ0) is 22.2. The summed E-state index contributed by atoms with van der Waals surface area (Å²) in [4.78, 5) is 0. The summed E-state index contributed by atoms with van der Waals surface area (Å²) >= 11 is 0. The number of halogens is 1. The zero-order valence-corrected chi connectivity index (χ0v) is 21.9. The molecule has 0 saturated carbocycles. The van der Waals surface area contributed by atoms with Crippen LogP contribution in [0.1, 0.15) is 37.6 Å². The molecule has 33 heavy (non-hydrogen) atoms. The maximum Gasteiger partial charge on any atom is 0.123 e. The van der Waals surface area contributed by atoms with Gasteiger partial charge in [0.1, 0.15) is 34.6 Å². The first-order chi connectivity index (χ1) is 15.5. The molecule has 1 heterocycles. The van der Waals surface area contributed by atoms with Crippen LogP contribution in [0.3, 0.4) is 0 Å². The summed E-state index contributed by atoms with van der Waals surface area (Å²) in [6.07, 6.45) is 0. The van der Waals surface area contributed by atoms with Crippen molar-refractivity contribution in [3.63, 3.8) is 0 Å². The van der Waals surface area contributed by atoms with Crippen LogP contribution < -0.4 is 37.6 Å². The maximum absolute atomic E-state index is 6.00. The molecule has 0 spiro atoms. The predicted octanol–water partition coefficient (Wildman–Crippen LogP) is 3.42. The number of benzene rings is 4. The van der Waals surface area contributed by atoms with Gasteiger partial charge in [-0.2, -0.15) is 0 Å². The first-order valence-electron chi connectivity index (χ1n) is 11.4. The Bertz CT molecular complexity index is 1110. The lowest BCUT2D eigenvalue weighted by molar-refractivity contribution is -0.00000676. The van der Waals surface area contributed by atoms with Gasteiger partial charge in [-0.25, -0.2) is 0 Å². The van der Waals surface area contributed by atoms with Crippen molar-refractivity contribution >= 4 is 23.2 Å². The fourth-order valence-electron chi connectivity index (χ4n) is 5.13. The summed E-state index contributed by atoms with van der Waals surface area (Å²) in [6.45, 7) is 7.73. The number of fused-ring (bicyclic) bond motifs is 1. The van der Waals surface area contributed by atoms with Gasteiger partial charge in [0.2, 0.25) is 0 Å². The summed E-state index contributed by atoms with van der Waals surface area (Å²) < 4.78 is 6.00. The van der Waals surface area contributed by atoms with Crippen molar-refractivity contribution in [1.29, 1.82) is 0 Å². The summed E-state index contributed by atoms with van der Waals surface area (Å²) in [5.41, 5.74) is 3.07. The molecule has 1 nitrogen and oxygen atoms in total. The highest BCUT2D eigenvalue weighted by molar-refractivity contribution is 7.95. The van der Waals surface area contributed by atoms with E-state index in [0.29, 0.717) is 5.66 Å². The number of hydrogen-bond donors (Lipinski definition) is 0. The van der Waals surface area contributed by atoms with Crippen LogP contribution in [0.15, 0.2) is 109 Å². The second kappa shape index (κ2) is 9.45. The number of hydrogen-bond acceptors (Lipinski definition) is 1. The SMILES string of the molecule is CC(c1ccc2c(c1)C(C)(C)CO2)[P+](c1ccccc1)(c1ccccc1)c1ccccc1.[Br-]. The van der Waals surface area contributed by atoms with E-state index < -0.39 is 7.26 Å². The van der Waals surface area contributed by atoms with E-state index in [4.69, 9.17) is 4.74 Å². The third kappa shape index (κ3) is 4.05. The minimum Gasteiger partial charge on any atom is -1.00 e. The van der Waals surface area contributed by atoms with E-state index in [-0.39, 0.29) is 22.4 Å². The molecule has 4 aromatic rings. The van der Waals surface area contributed by atoms with Crippen molar-refractivity contribution in [2.24, 2.45) is 0 Å². The van der Waals surface area contributed by atoms with Gasteiger partial charge in [0.05, 0.1) is 6.61 Å². The average Bonchev–Trinajstić information content (AvgIpc) is 3.15. The third-order valence-electron chi connectivity index (χ3n) is 6.88. The molecule has 0 bridgehead atoms. The van der Waals surface area contributed by atoms with Crippen LogP contribution in [-0.4, -0.2) is 6.61 Å². The lowest BCUT2D eigenvalue weighted by atomic mass is 9.86. The Balaban J connectivity index is 0.00000259. The molecule has 0 N–H and O–H groups in total. The molecular weight excluding hydrogens is 487 g/mol. The van der Waals surface area contributed by atoms with Crippen molar-refractivity contribution in [3.05, 3.63) is 120 Å². The van der Waals surface area contributed by atoms with Gasteiger partial charge < -0.3 is 21.7 Å². The number of ether oxygens (including phenoxy) is 1. The van der Waals surface area contributed by atoms with Gasteiger partial charge in [-0.15, -0.1) is 0 Å². The van der Waals surface area contributed by atoms with Gasteiger partial charge >= 0.3 is 0 Å². The molecule has 1 aliphatic rings. The van der Waals surface area contributed by atoms with E-state index in [1.165, 1.54) is 27.0 Å². The second-order valence-corrected chi connectivity index (χ2v) is 13.1. The van der Waals surface area contributed by atoms with Gasteiger partial charge in [0, 0.05) is 11.0 Å². The van der Waals surface area contributed by atoms with Crippen molar-refractivity contribution in [2.75, 3.05) is 6.61 Å². The van der Waals surface area contributed by atoms with Crippen LogP contribution in [0.5, 0.6) is 5.75 Å². The predicted molar refractivity (Wildman–Crippen MR) is 139 cm³/mol. The highest BCUT2D eigenvalue weighted by Crippen LogP contribution is 2.66. The molecule has 0 aliphatic carbocycles. The fraction of sp³-hybridized carbons (Fsp3) is 0.200. The molecule has 4 aromatic carbocycles. The third-order valence-corrected chi connectivity index (χ3v) is 11.7. The Kier molecular flexibility index (Phi) is 6.80. The molecule has 0 aromatic heterocycles. The molecule has 3 heteroatoms. The largest absolute Gasteiger partial charge is 1.00 e. The van der Waals surface area contributed by atoms with Gasteiger partial charge in [0.15, 0.2) is 0 Å². The summed E-state index contributed by atoms with van der Waals surface area (Å²) in [7, 11) is -1.97. The van der Waals surface area contributed by atoms with E-state index >= 15 is 0 Å². The van der Waals surface area contributed by atoms with E-state index in [2.05, 4.69) is 130 Å². The highest BCUT2D eigenvalue weighted by atomic mass is 79.9. The Labute approximate surface area is 208 Å². The molecule has 168 valence electrons. The van der Waals surface area contributed by atoms with Crippen LogP contribution in [0, 0.1) is 0 Å². The average molecular weight is 517 g/mol. The molecular formula is C30H30BrOP. The van der Waals surface area contributed by atoms with Crippen LogP contribution in [0.25, 0.3) is 0 Å². The van der Waals surface area contributed by atoms with Crippen LogP contribution in [0.4, 0.5) is 0 Å². The van der Waals surface area contributed by atoms with Crippen molar-refractivity contribution in [1.82, 2.24) is 0 Å². The smallest absolute Gasteiger partial charge is 0.123 e. The molecule has 1 aliphatic heterocycles. The summed E-state index contributed by atoms with van der Waals surface area (Å²) in [5.74, 6) is 1.04. The topological polar surface area (TPSA) is 9.23 Å². The normalized spacial score (nSPS) is 15.1. The van der Waals surface area contributed by atoms with E-state index in [0.717, 1.165) is 12.4 Å². The van der Waals surface area contributed by atoms with Crippen LogP contribution in [-0.2, 0) is 5.41 Å². The fourth-order valence-corrected chi connectivity index (χ4v) is 9.90. The Hall–Kier alpha value is -2.41. The van der Waals surface area contributed by atoms with E-state index in [1.54, 1.807) is 0 Å². The first kappa shape index (κ1) is 23.7. The van der Waals surface area contributed by atoms with E-state index in [1.807, 2.05) is 0 Å². The van der Waals surface area contributed by atoms with Gasteiger partial charge in [-0.1, -0.05) is 74.5 Å². The second-order valence-electron chi connectivity index (χ2n) is 9.33. The van der Waals surface area contributed by atoms with E-state index in [9.17, 15) is 0 Å². The monoisotopic (exact) mass is 516 g/mol. The highest BCUT2D eigenvalue weighted by Gasteiger charge is 2.51. The first-order valence-corrected chi connectivity index (χ1v) is 13.2. The molecule has 0 saturated heterocycles. The van der Waals surface area contributed by atoms with Crippen LogP contribution in [0.2, 0.25) is 0 Å². The van der Waals surface area contributed by atoms with Crippen molar-refractivity contribution in [3.8, 4) is 5.75 Å². The standard InChI is InChI=1S/C30H30OP.BrH/c1-23(24-19-20-29-28(21-24)30(2,3)22-31-29)32(25-13-7-4-8-14-25,26-15-9-5-10-16-26)27-17-11-6-12-18-27;/h4-21,23H,22H2,1-3H3;1H/q+1;/p-1. The Morgan fingerprint density at radius 2 is 1.15 bits per heavy atom.